The maximum Gasteiger partial charge on any atom is 0.408 e. The van der Waals surface area contributed by atoms with Gasteiger partial charge in [0, 0.05) is 19.7 Å². The van der Waals surface area contributed by atoms with Gasteiger partial charge in [-0.2, -0.15) is 0 Å². The van der Waals surface area contributed by atoms with Crippen molar-refractivity contribution in [3.05, 3.63) is 12.8 Å². The van der Waals surface area contributed by atoms with E-state index in [1.54, 1.807) is 27.7 Å². The Labute approximate surface area is 176 Å². The SMILES string of the molecule is C=COC(=O)[C@H]1[C@H]2[C@@H]1[C@@](NC(=O)[C@@H](C)NC(=O)OC(C)(C)C)(C(=O)OCC)C[C@H]2F.[HH]. The molecule has 0 unspecified atom stereocenters. The first-order valence-electron chi connectivity index (χ1n) is 9.82. The number of halogens is 1. The first-order valence-corrected chi connectivity index (χ1v) is 9.82. The predicted octanol–water partition coefficient (Wildman–Crippen LogP) is 1.85. The molecule has 2 aliphatic carbocycles. The number of carbonyl (C=O) groups is 4. The highest BCUT2D eigenvalue weighted by Crippen LogP contribution is 2.64. The van der Waals surface area contributed by atoms with Crippen LogP contribution in [0.25, 0.3) is 0 Å². The summed E-state index contributed by atoms with van der Waals surface area (Å²) in [6.07, 6.45) is -1.72. The molecule has 2 aliphatic rings. The highest BCUT2D eigenvalue weighted by molar-refractivity contribution is 5.94. The molecule has 9 nitrogen and oxygen atoms in total. The lowest BCUT2D eigenvalue weighted by Gasteiger charge is -2.32. The van der Waals surface area contributed by atoms with Gasteiger partial charge in [0.05, 0.1) is 18.8 Å². The smallest absolute Gasteiger partial charge is 0.408 e. The van der Waals surface area contributed by atoms with Crippen molar-refractivity contribution in [1.29, 1.82) is 0 Å². The lowest BCUT2D eigenvalue weighted by molar-refractivity contribution is -0.155. The van der Waals surface area contributed by atoms with Gasteiger partial charge in [-0.25, -0.2) is 14.0 Å². The van der Waals surface area contributed by atoms with Gasteiger partial charge < -0.3 is 24.8 Å². The van der Waals surface area contributed by atoms with Gasteiger partial charge in [-0.05, 0) is 34.6 Å². The number of amides is 2. The Morgan fingerprint density at radius 1 is 1.33 bits per heavy atom. The van der Waals surface area contributed by atoms with E-state index in [1.807, 2.05) is 0 Å². The van der Waals surface area contributed by atoms with Crippen molar-refractivity contribution >= 4 is 23.9 Å². The Morgan fingerprint density at radius 3 is 2.50 bits per heavy atom. The number of esters is 2. The van der Waals surface area contributed by atoms with Crippen molar-refractivity contribution in [3.63, 3.8) is 0 Å². The van der Waals surface area contributed by atoms with Crippen molar-refractivity contribution in [1.82, 2.24) is 10.6 Å². The minimum Gasteiger partial charge on any atom is -0.464 e. The molecule has 0 radical (unpaired) electrons. The van der Waals surface area contributed by atoms with Crippen molar-refractivity contribution in [2.45, 2.75) is 64.4 Å². The van der Waals surface area contributed by atoms with Gasteiger partial charge in [0.15, 0.2) is 0 Å². The van der Waals surface area contributed by atoms with Crippen LogP contribution in [0.15, 0.2) is 12.8 Å². The average Bonchev–Trinajstić information content (AvgIpc) is 3.29. The first kappa shape index (κ1) is 23.6. The van der Waals surface area contributed by atoms with Crippen molar-refractivity contribution in [2.24, 2.45) is 17.8 Å². The fraction of sp³-hybridized carbons (Fsp3) is 0.700. The number of hydrogen-bond donors (Lipinski definition) is 2. The number of alkyl carbamates (subject to hydrolysis) is 1. The van der Waals surface area contributed by atoms with Gasteiger partial charge in [0.25, 0.3) is 0 Å². The molecule has 6 atom stereocenters. The van der Waals surface area contributed by atoms with Crippen molar-refractivity contribution in [3.8, 4) is 0 Å². The molecule has 2 saturated carbocycles. The highest BCUT2D eigenvalue weighted by Gasteiger charge is 2.76. The third kappa shape index (κ3) is 4.73. The van der Waals surface area contributed by atoms with Crippen LogP contribution in [0.4, 0.5) is 9.18 Å². The average molecular weight is 430 g/mol. The van der Waals surface area contributed by atoms with Crippen LogP contribution in [-0.4, -0.2) is 53.9 Å². The van der Waals surface area contributed by atoms with Crippen LogP contribution in [-0.2, 0) is 28.6 Å². The lowest BCUT2D eigenvalue weighted by atomic mass is 9.89. The number of ether oxygens (including phenoxy) is 3. The monoisotopic (exact) mass is 430 g/mol. The molecule has 2 rings (SSSR count). The molecular formula is C20H31FN2O7. The minimum atomic E-state index is -1.73. The lowest BCUT2D eigenvalue weighted by Crippen LogP contribution is -2.61. The fourth-order valence-electron chi connectivity index (χ4n) is 4.01. The summed E-state index contributed by atoms with van der Waals surface area (Å²) in [6.45, 7) is 11.3. The van der Waals surface area contributed by atoms with Crippen LogP contribution in [0.5, 0.6) is 0 Å². The van der Waals surface area contributed by atoms with Crippen molar-refractivity contribution in [2.75, 3.05) is 6.61 Å². The van der Waals surface area contributed by atoms with Gasteiger partial charge >= 0.3 is 18.0 Å². The molecule has 30 heavy (non-hydrogen) atoms. The van der Waals surface area contributed by atoms with Gasteiger partial charge in [-0.15, -0.1) is 0 Å². The Bertz CT molecular complexity index is 742. The Balaban J connectivity index is 0.00000480. The van der Waals surface area contributed by atoms with Crippen LogP contribution in [0.1, 0.15) is 42.5 Å². The maximum absolute atomic E-state index is 14.7. The Hall–Kier alpha value is -2.65. The zero-order chi connectivity index (χ0) is 22.9. The van der Waals surface area contributed by atoms with E-state index in [2.05, 4.69) is 17.2 Å². The number of alkyl halides is 1. The molecule has 0 heterocycles. The fourth-order valence-corrected chi connectivity index (χ4v) is 4.01. The van der Waals surface area contributed by atoms with E-state index in [0.717, 1.165) is 6.26 Å². The van der Waals surface area contributed by atoms with E-state index < -0.39 is 65.0 Å². The third-order valence-electron chi connectivity index (χ3n) is 5.16. The van der Waals surface area contributed by atoms with Crippen LogP contribution in [0, 0.1) is 17.8 Å². The standard InChI is InChI=1S/C20H29FN2O7.H2/c1-7-28-16(25)13-12-11(21)9-20(14(12)13,17(26)29-8-2)23-15(24)10(3)22-18(27)30-19(4,5)6;/h7,10-14H,1,8-9H2,2-6H3,(H,22,27)(H,23,24);1H/t10-,11-,12+,13+,14+,20-;/m1./s1. The molecule has 170 valence electrons. The van der Waals surface area contributed by atoms with Gasteiger partial charge in [-0.1, -0.05) is 6.58 Å². The molecule has 0 aromatic carbocycles. The number of fused-ring (bicyclic) bond motifs is 1. The molecule has 2 fully saturated rings. The van der Waals surface area contributed by atoms with E-state index in [9.17, 15) is 23.6 Å². The summed E-state index contributed by atoms with van der Waals surface area (Å²) in [5.74, 6) is -4.75. The molecule has 10 heteroatoms. The van der Waals surface area contributed by atoms with Gasteiger partial charge in [0.2, 0.25) is 5.91 Å². The first-order chi connectivity index (χ1) is 13.9. The third-order valence-corrected chi connectivity index (χ3v) is 5.16. The van der Waals surface area contributed by atoms with E-state index in [0.29, 0.717) is 0 Å². The van der Waals surface area contributed by atoms with E-state index in [4.69, 9.17) is 14.2 Å². The second-order valence-electron chi connectivity index (χ2n) is 8.50. The minimum absolute atomic E-state index is 0. The molecule has 0 aromatic heterocycles. The topological polar surface area (TPSA) is 120 Å². The number of carbonyl (C=O) groups excluding carboxylic acids is 4. The molecular weight excluding hydrogens is 399 g/mol. The van der Waals surface area contributed by atoms with E-state index in [1.165, 1.54) is 6.92 Å². The van der Waals surface area contributed by atoms with Gasteiger partial charge in [0.1, 0.15) is 23.4 Å². The summed E-state index contributed by atoms with van der Waals surface area (Å²) in [7, 11) is 0. The predicted molar refractivity (Wildman–Crippen MR) is 105 cm³/mol. The summed E-state index contributed by atoms with van der Waals surface area (Å²) >= 11 is 0. The van der Waals surface area contributed by atoms with Crippen LogP contribution in [0.2, 0.25) is 0 Å². The summed E-state index contributed by atoms with van der Waals surface area (Å²) in [4.78, 5) is 49.6. The second kappa shape index (κ2) is 8.61. The second-order valence-corrected chi connectivity index (χ2v) is 8.50. The quantitative estimate of drug-likeness (QED) is 0.359. The summed E-state index contributed by atoms with van der Waals surface area (Å²) in [6, 6.07) is -1.08. The number of hydrogen-bond acceptors (Lipinski definition) is 7. The number of nitrogens with one attached hydrogen (secondary N) is 2. The largest absolute Gasteiger partial charge is 0.464 e. The van der Waals surface area contributed by atoms with Crippen LogP contribution < -0.4 is 10.6 Å². The summed E-state index contributed by atoms with van der Waals surface area (Å²) in [5, 5.41) is 4.90. The Kier molecular flexibility index (Phi) is 6.78. The van der Waals surface area contributed by atoms with Crippen LogP contribution >= 0.6 is 0 Å². The zero-order valence-corrected chi connectivity index (χ0v) is 17.8. The number of rotatable bonds is 7. The normalized spacial score (nSPS) is 30.3. The molecule has 0 aliphatic heterocycles. The molecule has 0 spiro atoms. The summed E-state index contributed by atoms with van der Waals surface area (Å²) < 4.78 is 29.6. The molecule has 0 aromatic rings. The zero-order valence-electron chi connectivity index (χ0n) is 17.8. The van der Waals surface area contributed by atoms with Gasteiger partial charge in [-0.3, -0.25) is 9.59 Å². The van der Waals surface area contributed by atoms with Crippen molar-refractivity contribution < 1.29 is 39.2 Å². The highest BCUT2D eigenvalue weighted by atomic mass is 19.1. The molecule has 2 amide bonds. The van der Waals surface area contributed by atoms with E-state index >= 15 is 0 Å². The molecule has 2 N–H and O–H groups in total. The molecule has 0 bridgehead atoms. The maximum atomic E-state index is 14.7. The summed E-state index contributed by atoms with van der Waals surface area (Å²) in [5.41, 5.74) is -2.49. The molecule has 0 saturated heterocycles. The van der Waals surface area contributed by atoms with E-state index in [-0.39, 0.29) is 14.5 Å². The van der Waals surface area contributed by atoms with Crippen LogP contribution in [0.3, 0.4) is 0 Å². The Morgan fingerprint density at radius 2 is 1.97 bits per heavy atom.